The average molecular weight is 548 g/mol. The smallest absolute Gasteiger partial charge is 0.240 e. The SMILES string of the molecule is CCS(=O)(=O)N(CC(=O)NCCN(C)C)c1ccc(N=C(c2ccccc2)c2c(O)[nH]c3ccccc23)cc1. The number of para-hydroxylation sites is 1. The standard InChI is InChI=1S/C29H33N5O4S/c1-4-39(37,38)34(20-26(35)30-18-19-33(2)3)23-16-14-22(15-17-23)31-28(21-10-6-5-7-11-21)27-24-12-8-9-13-25(24)32-29(27)36/h5-17,32,36H,4,18-20H2,1-3H3,(H,30,35). The number of carbonyl (C=O) groups is 1. The summed E-state index contributed by atoms with van der Waals surface area (Å²) in [6.45, 7) is 2.30. The third-order valence-corrected chi connectivity index (χ3v) is 7.96. The number of H-pyrrole nitrogens is 1. The molecule has 1 heterocycles. The molecule has 1 aromatic heterocycles. The summed E-state index contributed by atoms with van der Waals surface area (Å²) in [7, 11) is 0.0869. The number of hydrogen-bond donors (Lipinski definition) is 3. The minimum absolute atomic E-state index is 0.0101. The maximum atomic E-state index is 12.9. The highest BCUT2D eigenvalue weighted by molar-refractivity contribution is 7.92. The van der Waals surface area contributed by atoms with E-state index >= 15 is 0 Å². The van der Waals surface area contributed by atoms with Gasteiger partial charge < -0.3 is 20.3 Å². The number of aromatic hydroxyl groups is 1. The Morgan fingerprint density at radius 1 is 0.974 bits per heavy atom. The molecule has 4 rings (SSSR count). The van der Waals surface area contributed by atoms with Crippen molar-refractivity contribution < 1.29 is 18.3 Å². The lowest BCUT2D eigenvalue weighted by Crippen LogP contribution is -2.43. The molecule has 4 aromatic rings. The number of likely N-dealkylation sites (N-methyl/N-ethyl adjacent to an activating group) is 1. The van der Waals surface area contributed by atoms with Crippen molar-refractivity contribution in [2.75, 3.05) is 43.8 Å². The van der Waals surface area contributed by atoms with E-state index in [0.29, 0.717) is 35.7 Å². The lowest BCUT2D eigenvalue weighted by atomic mass is 10.0. The Morgan fingerprint density at radius 3 is 2.31 bits per heavy atom. The maximum Gasteiger partial charge on any atom is 0.240 e. The van der Waals surface area contributed by atoms with Crippen molar-refractivity contribution in [2.45, 2.75) is 6.92 Å². The Morgan fingerprint density at radius 2 is 1.64 bits per heavy atom. The average Bonchev–Trinajstić information content (AvgIpc) is 3.26. The van der Waals surface area contributed by atoms with Gasteiger partial charge in [0.2, 0.25) is 15.9 Å². The summed E-state index contributed by atoms with van der Waals surface area (Å²) >= 11 is 0. The lowest BCUT2D eigenvalue weighted by Gasteiger charge is -2.23. The summed E-state index contributed by atoms with van der Waals surface area (Å²) in [5.74, 6) is -0.511. The first-order chi connectivity index (χ1) is 18.7. The summed E-state index contributed by atoms with van der Waals surface area (Å²) in [6.07, 6.45) is 0. The van der Waals surface area contributed by atoms with Gasteiger partial charge in [0.15, 0.2) is 5.88 Å². The molecule has 0 saturated carbocycles. The Kier molecular flexibility index (Phi) is 8.68. The summed E-state index contributed by atoms with van der Waals surface area (Å²) in [5, 5.41) is 14.4. The van der Waals surface area contributed by atoms with Gasteiger partial charge in [-0.1, -0.05) is 48.5 Å². The molecule has 1 amide bonds. The number of nitrogens with zero attached hydrogens (tertiary/aromatic N) is 3. The first-order valence-electron chi connectivity index (χ1n) is 12.7. The second-order valence-corrected chi connectivity index (χ2v) is 11.5. The fourth-order valence-corrected chi connectivity index (χ4v) is 5.23. The van der Waals surface area contributed by atoms with Crippen LogP contribution in [0.1, 0.15) is 18.1 Å². The molecule has 3 N–H and O–H groups in total. The zero-order valence-corrected chi connectivity index (χ0v) is 23.1. The van der Waals surface area contributed by atoms with Gasteiger partial charge in [0.25, 0.3) is 0 Å². The molecular weight excluding hydrogens is 514 g/mol. The predicted octanol–water partition coefficient (Wildman–Crippen LogP) is 3.88. The normalized spacial score (nSPS) is 12.2. The van der Waals surface area contributed by atoms with E-state index in [4.69, 9.17) is 4.99 Å². The molecule has 0 radical (unpaired) electrons. The molecule has 0 atom stereocenters. The van der Waals surface area contributed by atoms with E-state index in [0.717, 1.165) is 20.8 Å². The molecule has 9 nitrogen and oxygen atoms in total. The number of aromatic nitrogens is 1. The molecule has 204 valence electrons. The van der Waals surface area contributed by atoms with Gasteiger partial charge in [0.1, 0.15) is 6.54 Å². The number of nitrogens with one attached hydrogen (secondary N) is 2. The van der Waals surface area contributed by atoms with Crippen molar-refractivity contribution in [3.8, 4) is 5.88 Å². The van der Waals surface area contributed by atoms with Crippen LogP contribution in [0, 0.1) is 0 Å². The number of hydrogen-bond acceptors (Lipinski definition) is 6. The van der Waals surface area contributed by atoms with E-state index in [9.17, 15) is 18.3 Å². The molecule has 10 heteroatoms. The quantitative estimate of drug-likeness (QED) is 0.246. The van der Waals surface area contributed by atoms with E-state index in [1.807, 2.05) is 73.6 Å². The molecule has 3 aromatic carbocycles. The third kappa shape index (κ3) is 6.65. The number of amides is 1. The van der Waals surface area contributed by atoms with Gasteiger partial charge in [-0.15, -0.1) is 0 Å². The van der Waals surface area contributed by atoms with Crippen LogP contribution in [0.5, 0.6) is 5.88 Å². The lowest BCUT2D eigenvalue weighted by molar-refractivity contribution is -0.119. The van der Waals surface area contributed by atoms with Crippen LogP contribution >= 0.6 is 0 Å². The van der Waals surface area contributed by atoms with E-state index in [1.165, 1.54) is 0 Å². The van der Waals surface area contributed by atoms with E-state index < -0.39 is 10.0 Å². The summed E-state index contributed by atoms with van der Waals surface area (Å²) < 4.78 is 26.8. The highest BCUT2D eigenvalue weighted by Gasteiger charge is 2.24. The predicted molar refractivity (Wildman–Crippen MR) is 157 cm³/mol. The van der Waals surface area contributed by atoms with Crippen LogP contribution in [0.15, 0.2) is 83.9 Å². The first-order valence-corrected chi connectivity index (χ1v) is 14.3. The monoisotopic (exact) mass is 547 g/mol. The van der Waals surface area contributed by atoms with Crippen LogP contribution in [0.4, 0.5) is 11.4 Å². The number of sulfonamides is 1. The number of fused-ring (bicyclic) bond motifs is 1. The van der Waals surface area contributed by atoms with Crippen LogP contribution in [-0.2, 0) is 14.8 Å². The number of anilines is 1. The van der Waals surface area contributed by atoms with E-state index in [-0.39, 0.29) is 24.1 Å². The Labute approximate surface area is 228 Å². The summed E-state index contributed by atoms with van der Waals surface area (Å²) in [6, 6.07) is 23.8. The summed E-state index contributed by atoms with van der Waals surface area (Å²) in [4.78, 5) is 22.3. The molecule has 0 fully saturated rings. The molecular formula is C29H33N5O4S. The largest absolute Gasteiger partial charge is 0.494 e. The third-order valence-electron chi connectivity index (χ3n) is 6.22. The van der Waals surface area contributed by atoms with Crippen molar-refractivity contribution in [3.63, 3.8) is 0 Å². The molecule has 0 aliphatic rings. The minimum Gasteiger partial charge on any atom is -0.494 e. The highest BCUT2D eigenvalue weighted by atomic mass is 32.2. The number of rotatable bonds is 11. The molecule has 0 bridgehead atoms. The van der Waals surface area contributed by atoms with E-state index in [2.05, 4.69) is 10.3 Å². The number of benzene rings is 3. The van der Waals surface area contributed by atoms with Crippen LogP contribution < -0.4 is 9.62 Å². The summed E-state index contributed by atoms with van der Waals surface area (Å²) in [5.41, 5.74) is 3.67. The molecule has 39 heavy (non-hydrogen) atoms. The zero-order valence-electron chi connectivity index (χ0n) is 22.3. The Balaban J connectivity index is 1.69. The maximum absolute atomic E-state index is 12.9. The van der Waals surface area contributed by atoms with Crippen molar-refractivity contribution in [3.05, 3.63) is 90.0 Å². The number of carbonyl (C=O) groups excluding carboxylic acids is 1. The Bertz CT molecular complexity index is 1560. The van der Waals surface area contributed by atoms with Gasteiger partial charge in [0.05, 0.1) is 28.4 Å². The topological polar surface area (TPSA) is 118 Å². The van der Waals surface area contributed by atoms with Gasteiger partial charge >= 0.3 is 0 Å². The highest BCUT2D eigenvalue weighted by Crippen LogP contribution is 2.32. The second kappa shape index (κ2) is 12.1. The van der Waals surface area contributed by atoms with E-state index in [1.54, 1.807) is 31.2 Å². The van der Waals surface area contributed by atoms with Crippen LogP contribution in [0.3, 0.4) is 0 Å². The minimum atomic E-state index is -3.70. The second-order valence-electron chi connectivity index (χ2n) is 9.30. The Hall–Kier alpha value is -4.15. The molecule has 0 unspecified atom stereocenters. The van der Waals surface area contributed by atoms with Gasteiger partial charge in [-0.3, -0.25) is 9.10 Å². The van der Waals surface area contributed by atoms with Gasteiger partial charge in [-0.2, -0.15) is 0 Å². The number of aliphatic imine (C=N–C) groups is 1. The molecule has 0 aliphatic carbocycles. The molecule has 0 aliphatic heterocycles. The van der Waals surface area contributed by atoms with Gasteiger partial charge in [-0.25, -0.2) is 13.4 Å². The first kappa shape index (κ1) is 27.9. The fraction of sp³-hybridized carbons (Fsp3) is 0.241. The molecule has 0 spiro atoms. The zero-order chi connectivity index (χ0) is 28.0. The van der Waals surface area contributed by atoms with Crippen LogP contribution in [-0.4, -0.2) is 74.5 Å². The van der Waals surface area contributed by atoms with Gasteiger partial charge in [-0.05, 0) is 51.4 Å². The van der Waals surface area contributed by atoms with Crippen molar-refractivity contribution in [2.24, 2.45) is 4.99 Å². The number of aromatic amines is 1. The van der Waals surface area contributed by atoms with Crippen molar-refractivity contribution in [1.29, 1.82) is 0 Å². The molecule has 0 saturated heterocycles. The van der Waals surface area contributed by atoms with Crippen LogP contribution in [0.2, 0.25) is 0 Å². The fourth-order valence-electron chi connectivity index (χ4n) is 4.16. The van der Waals surface area contributed by atoms with Crippen molar-refractivity contribution in [1.82, 2.24) is 15.2 Å². The van der Waals surface area contributed by atoms with Gasteiger partial charge in [0, 0.05) is 29.6 Å². The van der Waals surface area contributed by atoms with Crippen molar-refractivity contribution >= 4 is 43.9 Å². The van der Waals surface area contributed by atoms with Crippen LogP contribution in [0.25, 0.3) is 10.9 Å².